The Hall–Kier alpha value is -1.44. The normalized spacial score (nSPS) is 20.0. The summed E-state index contributed by atoms with van der Waals surface area (Å²) < 4.78 is 30.5. The van der Waals surface area contributed by atoms with Gasteiger partial charge in [-0.15, -0.1) is 0 Å². The maximum Gasteiger partial charge on any atom is 0.410 e. The van der Waals surface area contributed by atoms with E-state index in [1.807, 2.05) is 0 Å². The average Bonchev–Trinajstić information content (AvgIpc) is 2.23. The highest BCUT2D eigenvalue weighted by Gasteiger charge is 2.41. The van der Waals surface area contributed by atoms with Gasteiger partial charge in [-0.2, -0.15) is 0 Å². The number of hydrogen-bond donors (Lipinski definition) is 2. The van der Waals surface area contributed by atoms with Gasteiger partial charge in [0.05, 0.1) is 6.04 Å². The van der Waals surface area contributed by atoms with Crippen molar-refractivity contribution in [3.05, 3.63) is 0 Å². The van der Waals surface area contributed by atoms with Gasteiger partial charge >= 0.3 is 6.09 Å². The highest BCUT2D eigenvalue weighted by Crippen LogP contribution is 2.22. The summed E-state index contributed by atoms with van der Waals surface area (Å²) in [5.74, 6) is -0.647. The fourth-order valence-electron chi connectivity index (χ4n) is 1.88. The van der Waals surface area contributed by atoms with Crippen LogP contribution in [0.15, 0.2) is 0 Å². The third-order valence-corrected chi connectivity index (χ3v) is 3.02. The summed E-state index contributed by atoms with van der Waals surface area (Å²) in [4.78, 5) is 25.0. The van der Waals surface area contributed by atoms with Crippen LogP contribution >= 0.6 is 0 Å². The van der Waals surface area contributed by atoms with E-state index in [2.05, 4.69) is 5.32 Å². The summed E-state index contributed by atoms with van der Waals surface area (Å²) in [5, 5.41) is 10.9. The zero-order chi connectivity index (χ0) is 16.2. The molecule has 1 unspecified atom stereocenters. The number of hydrogen-bond acceptors (Lipinski definition) is 4. The second-order valence-corrected chi connectivity index (χ2v) is 5.94. The van der Waals surface area contributed by atoms with E-state index in [0.29, 0.717) is 13.0 Å². The topological polar surface area (TPSA) is 78.9 Å². The van der Waals surface area contributed by atoms with Gasteiger partial charge < -0.3 is 15.2 Å². The SMILES string of the molecule is CC(C)(C)OC(=O)N1CC[C@@H]1C(=O)NC(CCO)C(F)F. The van der Waals surface area contributed by atoms with Gasteiger partial charge in [0, 0.05) is 13.2 Å². The van der Waals surface area contributed by atoms with Crippen molar-refractivity contribution in [2.75, 3.05) is 13.2 Å². The summed E-state index contributed by atoms with van der Waals surface area (Å²) in [6, 6.07) is -2.21. The molecular weight excluding hydrogens is 286 g/mol. The fourth-order valence-corrected chi connectivity index (χ4v) is 1.88. The molecule has 1 rings (SSSR count). The summed E-state index contributed by atoms with van der Waals surface area (Å²) in [6.07, 6.45) is -3.23. The number of nitrogens with zero attached hydrogens (tertiary/aromatic N) is 1. The minimum Gasteiger partial charge on any atom is -0.444 e. The van der Waals surface area contributed by atoms with Crippen LogP contribution in [0, 0.1) is 0 Å². The van der Waals surface area contributed by atoms with Crippen LogP contribution in [0.1, 0.15) is 33.6 Å². The van der Waals surface area contributed by atoms with E-state index in [0.717, 1.165) is 0 Å². The first kappa shape index (κ1) is 17.6. The Morgan fingerprint density at radius 1 is 1.43 bits per heavy atom. The monoisotopic (exact) mass is 308 g/mol. The lowest BCUT2D eigenvalue weighted by molar-refractivity contribution is -0.132. The molecule has 0 aromatic heterocycles. The molecule has 1 aliphatic heterocycles. The van der Waals surface area contributed by atoms with Crippen molar-refractivity contribution in [3.8, 4) is 0 Å². The van der Waals surface area contributed by atoms with E-state index in [9.17, 15) is 18.4 Å². The third kappa shape index (κ3) is 5.11. The van der Waals surface area contributed by atoms with Crippen molar-refractivity contribution >= 4 is 12.0 Å². The molecule has 0 aromatic rings. The maximum absolute atomic E-state index is 12.7. The summed E-state index contributed by atoms with van der Waals surface area (Å²) in [7, 11) is 0. The number of aliphatic hydroxyl groups excluding tert-OH is 1. The smallest absolute Gasteiger partial charge is 0.410 e. The molecule has 1 heterocycles. The molecule has 2 amide bonds. The molecule has 122 valence electrons. The molecular formula is C13H22F2N2O4. The van der Waals surface area contributed by atoms with Gasteiger partial charge in [-0.05, 0) is 33.6 Å². The van der Waals surface area contributed by atoms with E-state index in [1.54, 1.807) is 20.8 Å². The quantitative estimate of drug-likeness (QED) is 0.798. The van der Waals surface area contributed by atoms with Gasteiger partial charge in [0.15, 0.2) is 0 Å². The number of likely N-dealkylation sites (tertiary alicyclic amines) is 1. The lowest BCUT2D eigenvalue weighted by atomic mass is 10.0. The van der Waals surface area contributed by atoms with Crippen LogP contribution < -0.4 is 5.32 Å². The number of halogens is 2. The van der Waals surface area contributed by atoms with Crippen molar-refractivity contribution in [1.29, 1.82) is 0 Å². The number of ether oxygens (including phenoxy) is 1. The van der Waals surface area contributed by atoms with E-state index < -0.39 is 42.7 Å². The van der Waals surface area contributed by atoms with E-state index >= 15 is 0 Å². The van der Waals surface area contributed by atoms with Crippen LogP contribution in [-0.4, -0.2) is 59.3 Å². The molecule has 0 spiro atoms. The van der Waals surface area contributed by atoms with E-state index in [4.69, 9.17) is 9.84 Å². The number of carbonyl (C=O) groups excluding carboxylic acids is 2. The van der Waals surface area contributed by atoms with Crippen LogP contribution in [-0.2, 0) is 9.53 Å². The zero-order valence-electron chi connectivity index (χ0n) is 12.4. The Balaban J connectivity index is 2.57. The summed E-state index contributed by atoms with van der Waals surface area (Å²) in [6.45, 7) is 5.01. The molecule has 1 aliphatic rings. The van der Waals surface area contributed by atoms with Gasteiger partial charge in [0.1, 0.15) is 11.6 Å². The Labute approximate surface area is 122 Å². The van der Waals surface area contributed by atoms with Crippen molar-refractivity contribution < 1.29 is 28.2 Å². The van der Waals surface area contributed by atoms with Gasteiger partial charge in [-0.1, -0.05) is 0 Å². The third-order valence-electron chi connectivity index (χ3n) is 3.02. The molecule has 2 atom stereocenters. The van der Waals surface area contributed by atoms with Crippen LogP contribution in [0.5, 0.6) is 0 Å². The number of amides is 2. The highest BCUT2D eigenvalue weighted by molar-refractivity contribution is 5.87. The predicted molar refractivity (Wildman–Crippen MR) is 71.0 cm³/mol. The number of alkyl halides is 2. The Morgan fingerprint density at radius 2 is 2.05 bits per heavy atom. The molecule has 0 aromatic carbocycles. The predicted octanol–water partition coefficient (Wildman–Crippen LogP) is 1.13. The van der Waals surface area contributed by atoms with Crippen LogP contribution in [0.3, 0.4) is 0 Å². The van der Waals surface area contributed by atoms with E-state index in [1.165, 1.54) is 4.90 Å². The van der Waals surface area contributed by atoms with Crippen LogP contribution in [0.4, 0.5) is 13.6 Å². The molecule has 1 saturated heterocycles. The molecule has 1 fully saturated rings. The second kappa shape index (κ2) is 7.02. The molecule has 0 radical (unpaired) electrons. The molecule has 0 bridgehead atoms. The Kier molecular flexibility index (Phi) is 5.88. The molecule has 8 heteroatoms. The van der Waals surface area contributed by atoms with E-state index in [-0.39, 0.29) is 6.42 Å². The molecule has 21 heavy (non-hydrogen) atoms. The van der Waals surface area contributed by atoms with Crippen molar-refractivity contribution in [2.24, 2.45) is 0 Å². The first-order valence-electron chi connectivity index (χ1n) is 6.84. The average molecular weight is 308 g/mol. The van der Waals surface area contributed by atoms with Crippen molar-refractivity contribution in [2.45, 2.75) is 57.7 Å². The first-order chi connectivity index (χ1) is 9.65. The minimum absolute atomic E-state index is 0.234. The lowest BCUT2D eigenvalue weighted by Gasteiger charge is -2.40. The lowest BCUT2D eigenvalue weighted by Crippen LogP contribution is -2.60. The number of carbonyl (C=O) groups is 2. The fraction of sp³-hybridized carbons (Fsp3) is 0.846. The second-order valence-electron chi connectivity index (χ2n) is 5.94. The summed E-state index contributed by atoms with van der Waals surface area (Å²) in [5.41, 5.74) is -0.684. The Morgan fingerprint density at radius 3 is 2.43 bits per heavy atom. The number of aliphatic hydroxyl groups is 1. The maximum atomic E-state index is 12.7. The first-order valence-corrected chi connectivity index (χ1v) is 6.84. The van der Waals surface area contributed by atoms with Gasteiger partial charge in [0.25, 0.3) is 6.43 Å². The molecule has 0 saturated carbocycles. The molecule has 6 nitrogen and oxygen atoms in total. The largest absolute Gasteiger partial charge is 0.444 e. The molecule has 0 aliphatic carbocycles. The van der Waals surface area contributed by atoms with Crippen LogP contribution in [0.25, 0.3) is 0 Å². The van der Waals surface area contributed by atoms with Crippen LogP contribution in [0.2, 0.25) is 0 Å². The van der Waals surface area contributed by atoms with Gasteiger partial charge in [-0.25, -0.2) is 13.6 Å². The van der Waals surface area contributed by atoms with Gasteiger partial charge in [0.2, 0.25) is 5.91 Å². The number of rotatable bonds is 5. The summed E-state index contributed by atoms with van der Waals surface area (Å²) >= 11 is 0. The van der Waals surface area contributed by atoms with Crippen molar-refractivity contribution in [3.63, 3.8) is 0 Å². The Bertz CT molecular complexity index is 385. The number of nitrogens with one attached hydrogen (secondary N) is 1. The van der Waals surface area contributed by atoms with Crippen molar-refractivity contribution in [1.82, 2.24) is 10.2 Å². The zero-order valence-corrected chi connectivity index (χ0v) is 12.4. The molecule has 2 N–H and O–H groups in total. The highest BCUT2D eigenvalue weighted by atomic mass is 19.3. The minimum atomic E-state index is -2.77. The van der Waals surface area contributed by atoms with Gasteiger partial charge in [-0.3, -0.25) is 9.69 Å². The standard InChI is InChI=1S/C13H22F2N2O4/c1-13(2,3)21-12(20)17-6-4-9(17)11(19)16-8(5-7-18)10(14)15/h8-10,18H,4-7H2,1-3H3,(H,16,19)/t8?,9-/m1/s1.